The summed E-state index contributed by atoms with van der Waals surface area (Å²) in [7, 11) is 0. The molecule has 0 saturated heterocycles. The van der Waals surface area contributed by atoms with E-state index >= 15 is 0 Å². The summed E-state index contributed by atoms with van der Waals surface area (Å²) in [5.74, 6) is -0.724. The number of nitrogens with zero attached hydrogens (tertiary/aromatic N) is 1. The van der Waals surface area contributed by atoms with E-state index in [1.54, 1.807) is 23.1 Å². The van der Waals surface area contributed by atoms with Crippen LogP contribution in [0, 0.1) is 5.92 Å². The normalized spacial score (nSPS) is 15.7. The van der Waals surface area contributed by atoms with Crippen molar-refractivity contribution in [2.45, 2.75) is 39.2 Å². The van der Waals surface area contributed by atoms with Crippen molar-refractivity contribution in [2.24, 2.45) is 11.7 Å². The quantitative estimate of drug-likeness (QED) is 0.888. The summed E-state index contributed by atoms with van der Waals surface area (Å²) in [4.78, 5) is 25.5. The first kappa shape index (κ1) is 15.5. The van der Waals surface area contributed by atoms with Crippen molar-refractivity contribution in [1.29, 1.82) is 0 Å². The van der Waals surface area contributed by atoms with Crippen LogP contribution in [0.2, 0.25) is 0 Å². The summed E-state index contributed by atoms with van der Waals surface area (Å²) in [6, 6.07) is 4.54. The maximum Gasteiger partial charge on any atom is 0.336 e. The van der Waals surface area contributed by atoms with Crippen LogP contribution in [-0.4, -0.2) is 29.6 Å². The summed E-state index contributed by atoms with van der Waals surface area (Å²) >= 11 is 0. The standard InChI is InChI=1S/C16H22N2O3/c1-10(2)9-13(17)15(19)18-8-4-6-11-12(16(20)21)5-3-7-14(11)18/h3,5,7,10,13H,4,6,8-9,17H2,1-2H3,(H,20,21). The molecule has 0 spiro atoms. The van der Waals surface area contributed by atoms with Crippen LogP contribution in [0.15, 0.2) is 18.2 Å². The number of hydrogen-bond acceptors (Lipinski definition) is 3. The van der Waals surface area contributed by atoms with E-state index in [2.05, 4.69) is 0 Å². The highest BCUT2D eigenvalue weighted by atomic mass is 16.4. The van der Waals surface area contributed by atoms with Crippen molar-refractivity contribution >= 4 is 17.6 Å². The Labute approximate surface area is 124 Å². The Morgan fingerprint density at radius 3 is 2.71 bits per heavy atom. The van der Waals surface area contributed by atoms with Gasteiger partial charge in [-0.1, -0.05) is 19.9 Å². The van der Waals surface area contributed by atoms with Crippen molar-refractivity contribution in [3.8, 4) is 0 Å². The molecule has 1 unspecified atom stereocenters. The topological polar surface area (TPSA) is 83.6 Å². The zero-order chi connectivity index (χ0) is 15.6. The average Bonchev–Trinajstić information content (AvgIpc) is 2.44. The molecule has 0 aromatic heterocycles. The highest BCUT2D eigenvalue weighted by molar-refractivity contribution is 6.00. The monoisotopic (exact) mass is 290 g/mol. The first-order valence-corrected chi connectivity index (χ1v) is 7.34. The molecule has 1 heterocycles. The Morgan fingerprint density at radius 1 is 1.38 bits per heavy atom. The van der Waals surface area contributed by atoms with Crippen LogP contribution in [0.4, 0.5) is 5.69 Å². The van der Waals surface area contributed by atoms with Gasteiger partial charge in [0.15, 0.2) is 0 Å². The molecule has 1 aromatic rings. The molecule has 5 nitrogen and oxygen atoms in total. The Hall–Kier alpha value is -1.88. The first-order valence-electron chi connectivity index (χ1n) is 7.34. The van der Waals surface area contributed by atoms with Gasteiger partial charge >= 0.3 is 5.97 Å². The molecule has 2 rings (SSSR count). The van der Waals surface area contributed by atoms with Gasteiger partial charge in [-0.2, -0.15) is 0 Å². The first-order chi connectivity index (χ1) is 9.91. The van der Waals surface area contributed by atoms with E-state index in [0.29, 0.717) is 31.0 Å². The Bertz CT molecular complexity index is 554. The fraction of sp³-hybridized carbons (Fsp3) is 0.500. The molecule has 0 bridgehead atoms. The van der Waals surface area contributed by atoms with Crippen molar-refractivity contribution in [1.82, 2.24) is 0 Å². The van der Waals surface area contributed by atoms with Gasteiger partial charge in [-0.15, -0.1) is 0 Å². The maximum atomic E-state index is 12.5. The van der Waals surface area contributed by atoms with Crippen molar-refractivity contribution in [3.05, 3.63) is 29.3 Å². The lowest BCUT2D eigenvalue weighted by Crippen LogP contribution is -2.46. The number of carboxylic acids is 1. The number of carboxylic acid groups (broad SMARTS) is 1. The van der Waals surface area contributed by atoms with Crippen LogP contribution < -0.4 is 10.6 Å². The molecular formula is C16H22N2O3. The van der Waals surface area contributed by atoms with Gasteiger partial charge in [0.2, 0.25) is 5.91 Å². The fourth-order valence-electron chi connectivity index (χ4n) is 2.86. The fourth-order valence-corrected chi connectivity index (χ4v) is 2.86. The molecule has 0 saturated carbocycles. The van der Waals surface area contributed by atoms with Gasteiger partial charge in [-0.25, -0.2) is 4.79 Å². The smallest absolute Gasteiger partial charge is 0.336 e. The van der Waals surface area contributed by atoms with Crippen molar-refractivity contribution in [2.75, 3.05) is 11.4 Å². The van der Waals surface area contributed by atoms with Gasteiger partial charge in [0.25, 0.3) is 0 Å². The van der Waals surface area contributed by atoms with E-state index < -0.39 is 12.0 Å². The van der Waals surface area contributed by atoms with Crippen LogP contribution in [0.5, 0.6) is 0 Å². The molecule has 1 aliphatic rings. The number of fused-ring (bicyclic) bond motifs is 1. The second-order valence-electron chi connectivity index (χ2n) is 5.94. The molecule has 0 aliphatic carbocycles. The number of nitrogens with two attached hydrogens (primary N) is 1. The summed E-state index contributed by atoms with van der Waals surface area (Å²) in [6.45, 7) is 4.65. The highest BCUT2D eigenvalue weighted by Gasteiger charge is 2.29. The number of benzene rings is 1. The Kier molecular flexibility index (Phi) is 4.63. The van der Waals surface area contributed by atoms with Gasteiger partial charge in [0, 0.05) is 12.2 Å². The molecule has 21 heavy (non-hydrogen) atoms. The van der Waals surface area contributed by atoms with Gasteiger partial charge < -0.3 is 15.7 Å². The SMILES string of the molecule is CC(C)CC(N)C(=O)N1CCCc2c(C(=O)O)cccc21. The molecule has 1 amide bonds. The number of rotatable bonds is 4. The molecule has 1 atom stereocenters. The van der Waals surface area contributed by atoms with Gasteiger partial charge in [-0.3, -0.25) is 4.79 Å². The average molecular weight is 290 g/mol. The molecule has 3 N–H and O–H groups in total. The Balaban J connectivity index is 2.32. The lowest BCUT2D eigenvalue weighted by molar-refractivity contribution is -0.120. The number of carbonyl (C=O) groups excluding carboxylic acids is 1. The maximum absolute atomic E-state index is 12.5. The van der Waals surface area contributed by atoms with Crippen LogP contribution in [-0.2, 0) is 11.2 Å². The van der Waals surface area contributed by atoms with Crippen molar-refractivity contribution in [3.63, 3.8) is 0 Å². The molecule has 0 fully saturated rings. The van der Waals surface area contributed by atoms with Crippen LogP contribution in [0.25, 0.3) is 0 Å². The summed E-state index contributed by atoms with van der Waals surface area (Å²) in [6.07, 6.45) is 2.07. The zero-order valence-corrected chi connectivity index (χ0v) is 12.5. The zero-order valence-electron chi connectivity index (χ0n) is 12.5. The van der Waals surface area contributed by atoms with E-state index in [-0.39, 0.29) is 11.5 Å². The second kappa shape index (κ2) is 6.26. The molecule has 0 radical (unpaired) electrons. The van der Waals surface area contributed by atoms with E-state index in [9.17, 15) is 14.7 Å². The number of aromatic carboxylic acids is 1. The third-order valence-corrected chi connectivity index (χ3v) is 3.79. The third kappa shape index (κ3) is 3.24. The minimum Gasteiger partial charge on any atom is -0.478 e. The molecule has 114 valence electrons. The van der Waals surface area contributed by atoms with E-state index in [4.69, 9.17) is 5.73 Å². The van der Waals surface area contributed by atoms with Gasteiger partial charge in [0.1, 0.15) is 0 Å². The number of hydrogen-bond donors (Lipinski definition) is 2. The minimum absolute atomic E-state index is 0.118. The van der Waals surface area contributed by atoms with Crippen LogP contribution in [0.1, 0.15) is 42.6 Å². The van der Waals surface area contributed by atoms with Gasteiger partial charge in [0.05, 0.1) is 11.6 Å². The second-order valence-corrected chi connectivity index (χ2v) is 5.94. The third-order valence-electron chi connectivity index (χ3n) is 3.79. The molecule has 1 aromatic carbocycles. The Morgan fingerprint density at radius 2 is 2.10 bits per heavy atom. The minimum atomic E-state index is -0.951. The number of anilines is 1. The number of amides is 1. The summed E-state index contributed by atoms with van der Waals surface area (Å²) < 4.78 is 0. The lowest BCUT2D eigenvalue weighted by Gasteiger charge is -2.32. The van der Waals surface area contributed by atoms with E-state index in [1.807, 2.05) is 13.8 Å². The van der Waals surface area contributed by atoms with Crippen molar-refractivity contribution < 1.29 is 14.7 Å². The predicted molar refractivity (Wildman–Crippen MR) is 81.5 cm³/mol. The largest absolute Gasteiger partial charge is 0.478 e. The molecule has 1 aliphatic heterocycles. The number of carbonyl (C=O) groups is 2. The van der Waals surface area contributed by atoms with E-state index in [0.717, 1.165) is 12.0 Å². The molecular weight excluding hydrogens is 268 g/mol. The summed E-state index contributed by atoms with van der Waals surface area (Å²) in [5, 5.41) is 9.27. The van der Waals surface area contributed by atoms with Crippen LogP contribution in [0.3, 0.4) is 0 Å². The lowest BCUT2D eigenvalue weighted by atomic mass is 9.95. The van der Waals surface area contributed by atoms with Gasteiger partial charge in [-0.05, 0) is 42.9 Å². The van der Waals surface area contributed by atoms with E-state index in [1.165, 1.54) is 0 Å². The van der Waals surface area contributed by atoms with Crippen LogP contribution >= 0.6 is 0 Å². The molecule has 5 heteroatoms. The highest BCUT2D eigenvalue weighted by Crippen LogP contribution is 2.30. The summed E-state index contributed by atoms with van der Waals surface area (Å²) in [5.41, 5.74) is 7.71. The predicted octanol–water partition coefficient (Wildman–Crippen LogP) is 2.04.